The summed E-state index contributed by atoms with van der Waals surface area (Å²) in [4.78, 5) is 7.17. The fourth-order valence-corrected chi connectivity index (χ4v) is 3.14. The van der Waals surface area contributed by atoms with Crippen LogP contribution in [0.25, 0.3) is 0 Å². The average molecular weight is 275 g/mol. The van der Waals surface area contributed by atoms with Crippen molar-refractivity contribution in [2.45, 2.75) is 53.0 Å². The first kappa shape index (κ1) is 15.3. The van der Waals surface area contributed by atoms with Crippen molar-refractivity contribution < 1.29 is 0 Å². The van der Waals surface area contributed by atoms with Crippen molar-refractivity contribution in [1.29, 1.82) is 0 Å². The van der Waals surface area contributed by atoms with Gasteiger partial charge in [-0.2, -0.15) is 0 Å². The van der Waals surface area contributed by atoms with E-state index < -0.39 is 0 Å². The molecule has 0 bridgehead atoms. The largest absolute Gasteiger partial charge is 0.370 e. The van der Waals surface area contributed by atoms with E-state index in [1.165, 1.54) is 18.5 Å². The number of aromatic nitrogens is 1. The highest BCUT2D eigenvalue weighted by atomic mass is 15.1. The molecule has 2 rings (SSSR count). The second kappa shape index (κ2) is 6.57. The summed E-state index contributed by atoms with van der Waals surface area (Å²) in [5.41, 5.74) is 2.86. The molecule has 0 spiro atoms. The van der Waals surface area contributed by atoms with Crippen LogP contribution in [0.4, 0.5) is 5.69 Å². The molecule has 1 aromatic heterocycles. The molecule has 2 heterocycles. The standard InChI is InChI=1S/C17H29N3/c1-5-15(18-6-2)16-9-8-14(12-19-16)20-11-7-10-17(3,4)13-20/h8-9,12,15,18H,5-7,10-11,13H2,1-4H3. The summed E-state index contributed by atoms with van der Waals surface area (Å²) in [6, 6.07) is 4.81. The van der Waals surface area contributed by atoms with Crippen molar-refractivity contribution in [3.05, 3.63) is 24.0 Å². The van der Waals surface area contributed by atoms with E-state index in [2.05, 4.69) is 61.2 Å². The van der Waals surface area contributed by atoms with Gasteiger partial charge in [0, 0.05) is 19.1 Å². The number of rotatable bonds is 5. The van der Waals surface area contributed by atoms with E-state index in [1.807, 2.05) is 0 Å². The SMILES string of the molecule is CCNC(CC)c1ccc(N2CCCC(C)(C)C2)cn1. The molecular weight excluding hydrogens is 246 g/mol. The number of anilines is 1. The van der Waals surface area contributed by atoms with Gasteiger partial charge < -0.3 is 10.2 Å². The quantitative estimate of drug-likeness (QED) is 0.886. The van der Waals surface area contributed by atoms with Gasteiger partial charge in [0.05, 0.1) is 17.6 Å². The van der Waals surface area contributed by atoms with Crippen LogP contribution in [0.3, 0.4) is 0 Å². The van der Waals surface area contributed by atoms with Gasteiger partial charge in [0.25, 0.3) is 0 Å². The van der Waals surface area contributed by atoms with Gasteiger partial charge in [-0.25, -0.2) is 0 Å². The molecule has 0 aliphatic carbocycles. The summed E-state index contributed by atoms with van der Waals surface area (Å²) >= 11 is 0. The van der Waals surface area contributed by atoms with Crippen LogP contribution in [0.2, 0.25) is 0 Å². The van der Waals surface area contributed by atoms with Crippen molar-refractivity contribution in [3.8, 4) is 0 Å². The van der Waals surface area contributed by atoms with E-state index in [1.54, 1.807) is 0 Å². The molecule has 20 heavy (non-hydrogen) atoms. The fourth-order valence-electron chi connectivity index (χ4n) is 3.14. The third-order valence-electron chi connectivity index (χ3n) is 4.25. The van der Waals surface area contributed by atoms with Crippen LogP contribution < -0.4 is 10.2 Å². The van der Waals surface area contributed by atoms with E-state index in [4.69, 9.17) is 0 Å². The second-order valence-corrected chi connectivity index (χ2v) is 6.65. The molecule has 3 heteroatoms. The number of hydrogen-bond acceptors (Lipinski definition) is 3. The summed E-state index contributed by atoms with van der Waals surface area (Å²) in [6.07, 6.45) is 5.74. The minimum Gasteiger partial charge on any atom is -0.370 e. The summed E-state index contributed by atoms with van der Waals surface area (Å²) in [5.74, 6) is 0. The Kier molecular flexibility index (Phi) is 5.03. The van der Waals surface area contributed by atoms with Crippen LogP contribution in [0.15, 0.2) is 18.3 Å². The van der Waals surface area contributed by atoms with Gasteiger partial charge in [0.15, 0.2) is 0 Å². The van der Waals surface area contributed by atoms with Crippen molar-refractivity contribution >= 4 is 5.69 Å². The van der Waals surface area contributed by atoms with E-state index in [-0.39, 0.29) is 0 Å². The lowest BCUT2D eigenvalue weighted by molar-refractivity contribution is 0.293. The van der Waals surface area contributed by atoms with Gasteiger partial charge in [0.1, 0.15) is 0 Å². The van der Waals surface area contributed by atoms with E-state index in [0.717, 1.165) is 31.7 Å². The number of hydrogen-bond donors (Lipinski definition) is 1. The smallest absolute Gasteiger partial charge is 0.0574 e. The molecule has 1 N–H and O–H groups in total. The molecule has 1 fully saturated rings. The number of piperidine rings is 1. The van der Waals surface area contributed by atoms with Gasteiger partial charge in [-0.15, -0.1) is 0 Å². The fraction of sp³-hybridized carbons (Fsp3) is 0.706. The van der Waals surface area contributed by atoms with Crippen LogP contribution in [-0.2, 0) is 0 Å². The number of nitrogens with zero attached hydrogens (tertiary/aromatic N) is 2. The minimum atomic E-state index is 0.381. The zero-order valence-electron chi connectivity index (χ0n) is 13.4. The molecule has 0 saturated carbocycles. The third-order valence-corrected chi connectivity index (χ3v) is 4.25. The molecule has 112 valence electrons. The Morgan fingerprint density at radius 2 is 2.15 bits per heavy atom. The molecule has 1 unspecified atom stereocenters. The predicted molar refractivity (Wildman–Crippen MR) is 86.2 cm³/mol. The molecule has 0 aromatic carbocycles. The molecule has 0 amide bonds. The van der Waals surface area contributed by atoms with Crippen LogP contribution in [0.1, 0.15) is 58.7 Å². The predicted octanol–water partition coefficient (Wildman–Crippen LogP) is 3.77. The molecule has 1 aliphatic rings. The maximum atomic E-state index is 4.69. The molecule has 3 nitrogen and oxygen atoms in total. The van der Waals surface area contributed by atoms with E-state index >= 15 is 0 Å². The summed E-state index contributed by atoms with van der Waals surface area (Å²) in [6.45, 7) is 12.4. The first-order chi connectivity index (χ1) is 9.55. The normalized spacial score (nSPS) is 19.9. The number of pyridine rings is 1. The van der Waals surface area contributed by atoms with Crippen molar-refractivity contribution in [1.82, 2.24) is 10.3 Å². The summed E-state index contributed by atoms with van der Waals surface area (Å²) in [5, 5.41) is 3.48. The van der Waals surface area contributed by atoms with Crippen LogP contribution in [0.5, 0.6) is 0 Å². The Labute approximate surface area is 123 Å². The maximum absolute atomic E-state index is 4.69. The lowest BCUT2D eigenvalue weighted by atomic mass is 9.84. The van der Waals surface area contributed by atoms with Gasteiger partial charge in [-0.05, 0) is 43.4 Å². The van der Waals surface area contributed by atoms with Crippen molar-refractivity contribution in [2.75, 3.05) is 24.5 Å². The Balaban J connectivity index is 2.07. The Morgan fingerprint density at radius 1 is 1.35 bits per heavy atom. The Morgan fingerprint density at radius 3 is 2.70 bits per heavy atom. The molecule has 1 aromatic rings. The monoisotopic (exact) mass is 275 g/mol. The first-order valence-electron chi connectivity index (χ1n) is 8.00. The van der Waals surface area contributed by atoms with Gasteiger partial charge >= 0.3 is 0 Å². The Hall–Kier alpha value is -1.09. The van der Waals surface area contributed by atoms with E-state index in [9.17, 15) is 0 Å². The zero-order valence-corrected chi connectivity index (χ0v) is 13.4. The Bertz CT molecular complexity index is 411. The first-order valence-corrected chi connectivity index (χ1v) is 8.00. The topological polar surface area (TPSA) is 28.2 Å². The van der Waals surface area contributed by atoms with Crippen molar-refractivity contribution in [3.63, 3.8) is 0 Å². The van der Waals surface area contributed by atoms with E-state index in [0.29, 0.717) is 11.5 Å². The lowest BCUT2D eigenvalue weighted by Gasteiger charge is -2.39. The summed E-state index contributed by atoms with van der Waals surface area (Å²) in [7, 11) is 0. The lowest BCUT2D eigenvalue weighted by Crippen LogP contribution is -2.40. The van der Waals surface area contributed by atoms with Gasteiger partial charge in [0.2, 0.25) is 0 Å². The highest BCUT2D eigenvalue weighted by Gasteiger charge is 2.26. The highest BCUT2D eigenvalue weighted by molar-refractivity contribution is 5.45. The average Bonchev–Trinajstić information content (AvgIpc) is 2.44. The van der Waals surface area contributed by atoms with Crippen molar-refractivity contribution in [2.24, 2.45) is 5.41 Å². The number of nitrogens with one attached hydrogen (secondary N) is 1. The third kappa shape index (κ3) is 3.72. The maximum Gasteiger partial charge on any atom is 0.0574 e. The molecule has 1 atom stereocenters. The zero-order chi connectivity index (χ0) is 14.6. The molecule has 1 aliphatic heterocycles. The van der Waals surface area contributed by atoms with Crippen LogP contribution in [-0.4, -0.2) is 24.6 Å². The molecule has 1 saturated heterocycles. The minimum absolute atomic E-state index is 0.381. The highest BCUT2D eigenvalue weighted by Crippen LogP contribution is 2.31. The molecule has 0 radical (unpaired) electrons. The van der Waals surface area contributed by atoms with Gasteiger partial charge in [-0.1, -0.05) is 27.7 Å². The van der Waals surface area contributed by atoms with Crippen LogP contribution >= 0.6 is 0 Å². The van der Waals surface area contributed by atoms with Crippen LogP contribution in [0, 0.1) is 5.41 Å². The molecular formula is C17H29N3. The second-order valence-electron chi connectivity index (χ2n) is 6.65. The summed E-state index contributed by atoms with van der Waals surface area (Å²) < 4.78 is 0. The van der Waals surface area contributed by atoms with Gasteiger partial charge in [-0.3, -0.25) is 4.98 Å².